The van der Waals surface area contributed by atoms with Gasteiger partial charge in [0.25, 0.3) is 0 Å². The minimum Gasteiger partial charge on any atom is -0.481 e. The summed E-state index contributed by atoms with van der Waals surface area (Å²) in [6.45, 7) is 3.83. The van der Waals surface area contributed by atoms with E-state index in [-0.39, 0.29) is 12.1 Å². The summed E-state index contributed by atoms with van der Waals surface area (Å²) in [6.07, 6.45) is 1.64. The minimum absolute atomic E-state index is 0.0102. The number of nitrogens with zero attached hydrogens (tertiary/aromatic N) is 4. The molecule has 0 aliphatic carbocycles. The third-order valence-electron chi connectivity index (χ3n) is 2.38. The first-order chi connectivity index (χ1) is 9.62. The summed E-state index contributed by atoms with van der Waals surface area (Å²) in [7, 11) is 3.31. The molecule has 2 heterocycles. The summed E-state index contributed by atoms with van der Waals surface area (Å²) in [4.78, 5) is 16.9. The summed E-state index contributed by atoms with van der Waals surface area (Å²) in [5.74, 6) is 1.48. The quantitative estimate of drug-likeness (QED) is 0.890. The van der Waals surface area contributed by atoms with Crippen LogP contribution in [0.15, 0.2) is 18.3 Å². The molecule has 0 unspecified atom stereocenters. The molecule has 0 aromatic carbocycles. The Morgan fingerprint density at radius 3 is 2.50 bits per heavy atom. The first-order valence-electron chi connectivity index (χ1n) is 6.23. The fraction of sp³-hybridized carbons (Fsp3) is 0.385. The maximum Gasteiger partial charge on any atom is 0.322 e. The predicted octanol–water partition coefficient (Wildman–Crippen LogP) is 1.77. The SMILES string of the molecule is CNc1nc(OC(C)C)nc(-c2ccc(OC)nc2)n1. The smallest absolute Gasteiger partial charge is 0.322 e. The van der Waals surface area contributed by atoms with Crippen LogP contribution in [-0.2, 0) is 0 Å². The van der Waals surface area contributed by atoms with Gasteiger partial charge in [0.05, 0.1) is 13.2 Å². The number of methoxy groups -OCH3 is 1. The second-order valence-electron chi connectivity index (χ2n) is 4.27. The average Bonchev–Trinajstić information content (AvgIpc) is 2.46. The summed E-state index contributed by atoms with van der Waals surface area (Å²) in [6, 6.07) is 3.87. The van der Waals surface area contributed by atoms with Crippen LogP contribution in [0.1, 0.15) is 13.8 Å². The van der Waals surface area contributed by atoms with Gasteiger partial charge in [0.2, 0.25) is 11.8 Å². The molecule has 0 aliphatic rings. The molecule has 0 fully saturated rings. The molecule has 0 aliphatic heterocycles. The number of aromatic nitrogens is 4. The molecule has 0 saturated heterocycles. The van der Waals surface area contributed by atoms with Crippen LogP contribution in [0, 0.1) is 0 Å². The maximum absolute atomic E-state index is 5.52. The second-order valence-corrected chi connectivity index (χ2v) is 4.27. The fourth-order valence-corrected chi connectivity index (χ4v) is 1.49. The van der Waals surface area contributed by atoms with Gasteiger partial charge in [0.1, 0.15) is 0 Å². The highest BCUT2D eigenvalue weighted by molar-refractivity contribution is 5.55. The van der Waals surface area contributed by atoms with Crippen molar-refractivity contribution in [2.45, 2.75) is 20.0 Å². The van der Waals surface area contributed by atoms with Crippen LogP contribution in [-0.4, -0.2) is 40.2 Å². The molecule has 2 rings (SSSR count). The Kier molecular flexibility index (Phi) is 4.29. The number of ether oxygens (including phenoxy) is 2. The number of pyridine rings is 1. The molecule has 0 bridgehead atoms. The molecule has 0 saturated carbocycles. The number of hydrogen-bond donors (Lipinski definition) is 1. The van der Waals surface area contributed by atoms with Gasteiger partial charge in [-0.2, -0.15) is 15.0 Å². The lowest BCUT2D eigenvalue weighted by molar-refractivity contribution is 0.222. The van der Waals surface area contributed by atoms with E-state index in [2.05, 4.69) is 25.3 Å². The van der Waals surface area contributed by atoms with Crippen molar-refractivity contribution in [3.8, 4) is 23.3 Å². The van der Waals surface area contributed by atoms with Crippen molar-refractivity contribution < 1.29 is 9.47 Å². The van der Waals surface area contributed by atoms with Crippen LogP contribution >= 0.6 is 0 Å². The topological polar surface area (TPSA) is 82.1 Å². The van der Waals surface area contributed by atoms with Crippen molar-refractivity contribution in [3.05, 3.63) is 18.3 Å². The van der Waals surface area contributed by atoms with E-state index in [9.17, 15) is 0 Å². The van der Waals surface area contributed by atoms with Crippen LogP contribution < -0.4 is 14.8 Å². The Hall–Kier alpha value is -2.44. The number of anilines is 1. The Balaban J connectivity index is 2.38. The van der Waals surface area contributed by atoms with Crippen LogP contribution in [0.2, 0.25) is 0 Å². The number of nitrogens with one attached hydrogen (secondary N) is 1. The molecule has 0 radical (unpaired) electrons. The molecular formula is C13H17N5O2. The monoisotopic (exact) mass is 275 g/mol. The normalized spacial score (nSPS) is 10.4. The Morgan fingerprint density at radius 1 is 1.15 bits per heavy atom. The van der Waals surface area contributed by atoms with E-state index in [0.717, 1.165) is 5.56 Å². The zero-order chi connectivity index (χ0) is 14.5. The highest BCUT2D eigenvalue weighted by atomic mass is 16.5. The molecule has 20 heavy (non-hydrogen) atoms. The lowest BCUT2D eigenvalue weighted by atomic mass is 10.3. The van der Waals surface area contributed by atoms with Gasteiger partial charge in [0, 0.05) is 24.9 Å². The van der Waals surface area contributed by atoms with Crippen molar-refractivity contribution in [2.24, 2.45) is 0 Å². The molecule has 106 valence electrons. The van der Waals surface area contributed by atoms with Crippen LogP contribution in [0.25, 0.3) is 11.4 Å². The van der Waals surface area contributed by atoms with E-state index in [4.69, 9.17) is 9.47 Å². The summed E-state index contributed by atoms with van der Waals surface area (Å²) in [5.41, 5.74) is 0.762. The van der Waals surface area contributed by atoms with Crippen molar-refractivity contribution in [2.75, 3.05) is 19.5 Å². The molecule has 2 aromatic heterocycles. The molecule has 0 amide bonds. The third kappa shape index (κ3) is 3.31. The van der Waals surface area contributed by atoms with E-state index < -0.39 is 0 Å². The zero-order valence-electron chi connectivity index (χ0n) is 11.9. The first kappa shape index (κ1) is 14.0. The maximum atomic E-state index is 5.52. The molecule has 0 atom stereocenters. The summed E-state index contributed by atoms with van der Waals surface area (Å²) in [5, 5.41) is 2.89. The molecular weight excluding hydrogens is 258 g/mol. The van der Waals surface area contributed by atoms with Gasteiger partial charge >= 0.3 is 6.01 Å². The lowest BCUT2D eigenvalue weighted by Crippen LogP contribution is -2.11. The van der Waals surface area contributed by atoms with Crippen molar-refractivity contribution >= 4 is 5.95 Å². The Bertz CT molecular complexity index is 571. The standard InChI is InChI=1S/C13H17N5O2/c1-8(2)20-13-17-11(16-12(14-3)18-13)9-5-6-10(19-4)15-7-9/h5-8H,1-4H3,(H,14,16,17,18). The van der Waals surface area contributed by atoms with Crippen molar-refractivity contribution in [1.29, 1.82) is 0 Å². The van der Waals surface area contributed by atoms with Crippen molar-refractivity contribution in [3.63, 3.8) is 0 Å². The zero-order valence-corrected chi connectivity index (χ0v) is 11.9. The van der Waals surface area contributed by atoms with Gasteiger partial charge in [-0.3, -0.25) is 0 Å². The van der Waals surface area contributed by atoms with Crippen LogP contribution in [0.3, 0.4) is 0 Å². The van der Waals surface area contributed by atoms with Crippen LogP contribution in [0.5, 0.6) is 11.9 Å². The van der Waals surface area contributed by atoms with Gasteiger partial charge in [-0.25, -0.2) is 4.98 Å². The molecule has 2 aromatic rings. The fourth-order valence-electron chi connectivity index (χ4n) is 1.49. The van der Waals surface area contributed by atoms with Crippen LogP contribution in [0.4, 0.5) is 5.95 Å². The van der Waals surface area contributed by atoms with Gasteiger partial charge in [0.15, 0.2) is 5.82 Å². The number of rotatable bonds is 5. The van der Waals surface area contributed by atoms with E-state index in [1.54, 1.807) is 26.4 Å². The van der Waals surface area contributed by atoms with E-state index in [1.807, 2.05) is 19.9 Å². The van der Waals surface area contributed by atoms with Gasteiger partial charge in [-0.05, 0) is 19.9 Å². The molecule has 7 nitrogen and oxygen atoms in total. The minimum atomic E-state index is -0.0102. The predicted molar refractivity (Wildman–Crippen MR) is 74.9 cm³/mol. The van der Waals surface area contributed by atoms with Gasteiger partial charge in [-0.1, -0.05) is 0 Å². The van der Waals surface area contributed by atoms with Crippen molar-refractivity contribution in [1.82, 2.24) is 19.9 Å². The largest absolute Gasteiger partial charge is 0.481 e. The summed E-state index contributed by atoms with van der Waals surface area (Å²) >= 11 is 0. The summed E-state index contributed by atoms with van der Waals surface area (Å²) < 4.78 is 10.5. The lowest BCUT2D eigenvalue weighted by Gasteiger charge is -2.10. The Morgan fingerprint density at radius 2 is 1.95 bits per heavy atom. The van der Waals surface area contributed by atoms with Gasteiger partial charge < -0.3 is 14.8 Å². The van der Waals surface area contributed by atoms with E-state index >= 15 is 0 Å². The van der Waals surface area contributed by atoms with E-state index in [0.29, 0.717) is 17.7 Å². The third-order valence-corrected chi connectivity index (χ3v) is 2.38. The van der Waals surface area contributed by atoms with Gasteiger partial charge in [-0.15, -0.1) is 0 Å². The Labute approximate surface area is 117 Å². The van der Waals surface area contributed by atoms with E-state index in [1.165, 1.54) is 0 Å². The highest BCUT2D eigenvalue weighted by Gasteiger charge is 2.10. The average molecular weight is 275 g/mol. The number of hydrogen-bond acceptors (Lipinski definition) is 7. The highest BCUT2D eigenvalue weighted by Crippen LogP contribution is 2.20. The molecule has 1 N–H and O–H groups in total. The molecule has 0 spiro atoms. The first-order valence-corrected chi connectivity index (χ1v) is 6.23. The second kappa shape index (κ2) is 6.14. The molecule has 7 heteroatoms.